The third-order valence-electron chi connectivity index (χ3n) is 5.15. The fraction of sp³-hybridized carbons (Fsp3) is 0.273. The second-order valence-corrected chi connectivity index (χ2v) is 7.18. The second kappa shape index (κ2) is 9.65. The van der Waals surface area contributed by atoms with Crippen LogP contribution >= 0.6 is 0 Å². The van der Waals surface area contributed by atoms with Crippen LogP contribution in [0.5, 0.6) is 5.75 Å². The predicted molar refractivity (Wildman–Crippen MR) is 116 cm³/mol. The third kappa shape index (κ3) is 4.77. The number of hydrogen-bond donors (Lipinski definition) is 2. The molecule has 0 aliphatic rings. The molecule has 2 heterocycles. The van der Waals surface area contributed by atoms with Gasteiger partial charge in [0.15, 0.2) is 11.3 Å². The first-order valence-electron chi connectivity index (χ1n) is 9.94. The summed E-state index contributed by atoms with van der Waals surface area (Å²) in [5.41, 5.74) is 5.91. The maximum atomic E-state index is 13.7. The summed E-state index contributed by atoms with van der Waals surface area (Å²) in [6.45, 7) is 1.62. The molecule has 0 atom stereocenters. The Morgan fingerprint density at radius 1 is 1.27 bits per heavy atom. The van der Waals surface area contributed by atoms with Gasteiger partial charge in [-0.15, -0.1) is 0 Å². The topological polar surface area (TPSA) is 137 Å². The van der Waals surface area contributed by atoms with Gasteiger partial charge in [0.05, 0.1) is 12.6 Å². The van der Waals surface area contributed by atoms with Gasteiger partial charge >= 0.3 is 6.09 Å². The van der Waals surface area contributed by atoms with Gasteiger partial charge in [0.1, 0.15) is 17.9 Å². The lowest BCUT2D eigenvalue weighted by Gasteiger charge is -2.19. The average Bonchev–Trinajstić information content (AvgIpc) is 2.78. The smallest absolute Gasteiger partial charge is 0.404 e. The lowest BCUT2D eigenvalue weighted by Crippen LogP contribution is -2.35. The van der Waals surface area contributed by atoms with Gasteiger partial charge in [-0.1, -0.05) is 6.07 Å². The molecule has 0 unspecified atom stereocenters. The maximum absolute atomic E-state index is 13.7. The first-order valence-corrected chi connectivity index (χ1v) is 9.94. The molecule has 0 aliphatic heterocycles. The van der Waals surface area contributed by atoms with Gasteiger partial charge in [0.25, 0.3) is 11.5 Å². The first kappa shape index (κ1) is 23.7. The number of fused-ring (bicyclic) bond motifs is 1. The Morgan fingerprint density at radius 3 is 2.64 bits per heavy atom. The summed E-state index contributed by atoms with van der Waals surface area (Å²) in [5.74, 6) is -1.83. The minimum Gasteiger partial charge on any atom is -0.505 e. The van der Waals surface area contributed by atoms with Crippen LogP contribution in [0.3, 0.4) is 0 Å². The number of carbonyl (C=O) groups is 2. The SMILES string of the molecule is CCN(OC)C(=O)c1c(O)c2ncc(Cc3ccc(F)cc3COC(N)=O)cc2n(C)c1=O. The van der Waals surface area contributed by atoms with E-state index in [1.807, 2.05) is 0 Å². The lowest BCUT2D eigenvalue weighted by molar-refractivity contribution is -0.0917. The van der Waals surface area contributed by atoms with Crippen LogP contribution in [-0.4, -0.2) is 45.4 Å². The molecule has 33 heavy (non-hydrogen) atoms. The molecule has 3 N–H and O–H groups in total. The summed E-state index contributed by atoms with van der Waals surface area (Å²) in [5, 5.41) is 11.6. The molecular formula is C22H23FN4O6. The number of hydrogen-bond acceptors (Lipinski definition) is 7. The van der Waals surface area contributed by atoms with E-state index in [9.17, 15) is 23.9 Å². The second-order valence-electron chi connectivity index (χ2n) is 7.18. The Morgan fingerprint density at radius 2 is 2.00 bits per heavy atom. The molecular weight excluding hydrogens is 435 g/mol. The zero-order valence-electron chi connectivity index (χ0n) is 18.3. The Labute approximate surface area is 187 Å². The van der Waals surface area contributed by atoms with Crippen LogP contribution in [0, 0.1) is 5.82 Å². The highest BCUT2D eigenvalue weighted by atomic mass is 19.1. The number of halogens is 1. The summed E-state index contributed by atoms with van der Waals surface area (Å²) in [4.78, 5) is 45.7. The largest absolute Gasteiger partial charge is 0.505 e. The number of nitrogens with two attached hydrogens (primary N) is 1. The molecule has 0 bridgehead atoms. The van der Waals surface area contributed by atoms with Gasteiger partial charge in [0.2, 0.25) is 0 Å². The van der Waals surface area contributed by atoms with Crippen LogP contribution in [0.15, 0.2) is 35.3 Å². The number of aromatic nitrogens is 2. The number of nitrogens with zero attached hydrogens (tertiary/aromatic N) is 3. The Balaban J connectivity index is 2.05. The summed E-state index contributed by atoms with van der Waals surface area (Å²) >= 11 is 0. The third-order valence-corrected chi connectivity index (χ3v) is 5.15. The van der Waals surface area contributed by atoms with Gasteiger partial charge in [-0.05, 0) is 48.2 Å². The number of primary amides is 1. The molecule has 0 saturated carbocycles. The van der Waals surface area contributed by atoms with Crippen molar-refractivity contribution in [1.82, 2.24) is 14.6 Å². The Kier molecular flexibility index (Phi) is 6.92. The molecule has 3 rings (SSSR count). The number of benzene rings is 1. The zero-order valence-corrected chi connectivity index (χ0v) is 18.3. The predicted octanol–water partition coefficient (Wildman–Crippen LogP) is 1.99. The zero-order chi connectivity index (χ0) is 24.3. The Hall–Kier alpha value is -3.99. The minimum absolute atomic E-state index is 0.0627. The molecule has 2 amide bonds. The molecule has 1 aromatic carbocycles. The number of rotatable bonds is 7. The van der Waals surface area contributed by atoms with Gasteiger partial charge < -0.3 is 20.1 Å². The van der Waals surface area contributed by atoms with Crippen molar-refractivity contribution in [2.75, 3.05) is 13.7 Å². The van der Waals surface area contributed by atoms with Crippen LogP contribution < -0.4 is 11.3 Å². The van der Waals surface area contributed by atoms with Gasteiger partial charge in [-0.25, -0.2) is 14.2 Å². The molecule has 0 aliphatic carbocycles. The van der Waals surface area contributed by atoms with E-state index in [0.29, 0.717) is 22.2 Å². The molecule has 0 spiro atoms. The van der Waals surface area contributed by atoms with Crippen LogP contribution in [0.1, 0.15) is 34.0 Å². The molecule has 0 radical (unpaired) electrons. The van der Waals surface area contributed by atoms with E-state index in [-0.39, 0.29) is 25.1 Å². The van der Waals surface area contributed by atoms with E-state index >= 15 is 0 Å². The number of amides is 2. The fourth-order valence-electron chi connectivity index (χ4n) is 3.47. The number of aromatic hydroxyl groups is 1. The van der Waals surface area contributed by atoms with Crippen molar-refractivity contribution < 1.29 is 28.7 Å². The Bertz CT molecular complexity index is 1290. The maximum Gasteiger partial charge on any atom is 0.404 e. The van der Waals surface area contributed by atoms with Crippen molar-refractivity contribution >= 4 is 23.0 Å². The standard InChI is InChI=1S/C22H23FN4O6/c1-4-27(32-3)21(30)17-19(28)18-16(26(2)20(17)29)8-12(10-25-18)7-13-5-6-15(23)9-14(13)11-33-22(24)31/h5-6,8-10,28H,4,7,11H2,1-3H3,(H2,24,31). The van der Waals surface area contributed by atoms with Crippen molar-refractivity contribution in [1.29, 1.82) is 0 Å². The van der Waals surface area contributed by atoms with Crippen LogP contribution in [0.25, 0.3) is 11.0 Å². The molecule has 0 fully saturated rings. The molecule has 11 heteroatoms. The highest BCUT2D eigenvalue weighted by Gasteiger charge is 2.26. The van der Waals surface area contributed by atoms with Crippen molar-refractivity contribution in [3.8, 4) is 5.75 Å². The van der Waals surface area contributed by atoms with Crippen LogP contribution in [0.2, 0.25) is 0 Å². The highest BCUT2D eigenvalue weighted by molar-refractivity contribution is 6.00. The van der Waals surface area contributed by atoms with E-state index in [2.05, 4.69) is 4.98 Å². The highest BCUT2D eigenvalue weighted by Crippen LogP contribution is 2.27. The van der Waals surface area contributed by atoms with Crippen molar-refractivity contribution in [2.45, 2.75) is 20.0 Å². The number of carbonyl (C=O) groups excluding carboxylic acids is 2. The quantitative estimate of drug-likeness (QED) is 0.517. The van der Waals surface area contributed by atoms with Crippen molar-refractivity contribution in [2.24, 2.45) is 12.8 Å². The molecule has 174 valence electrons. The number of pyridine rings is 2. The number of ether oxygens (including phenoxy) is 1. The van der Waals surface area contributed by atoms with Crippen LogP contribution in [-0.2, 0) is 29.6 Å². The summed E-state index contributed by atoms with van der Waals surface area (Å²) in [6, 6.07) is 5.68. The van der Waals surface area contributed by atoms with Crippen molar-refractivity contribution in [3.05, 3.63) is 68.9 Å². The van der Waals surface area contributed by atoms with Crippen LogP contribution in [0.4, 0.5) is 9.18 Å². The van der Waals surface area contributed by atoms with Gasteiger partial charge in [-0.2, -0.15) is 0 Å². The van der Waals surface area contributed by atoms with E-state index in [1.54, 1.807) is 19.1 Å². The number of hydroxylamine groups is 2. The molecule has 2 aromatic heterocycles. The lowest BCUT2D eigenvalue weighted by atomic mass is 10.0. The summed E-state index contributed by atoms with van der Waals surface area (Å²) < 4.78 is 19.7. The van der Waals surface area contributed by atoms with E-state index in [4.69, 9.17) is 15.3 Å². The molecule has 3 aromatic rings. The van der Waals surface area contributed by atoms with E-state index in [0.717, 1.165) is 5.06 Å². The van der Waals surface area contributed by atoms with Gasteiger partial charge in [-0.3, -0.25) is 19.4 Å². The van der Waals surface area contributed by atoms with E-state index in [1.165, 1.54) is 37.1 Å². The molecule has 10 nitrogen and oxygen atoms in total. The minimum atomic E-state index is -0.983. The summed E-state index contributed by atoms with van der Waals surface area (Å²) in [7, 11) is 2.74. The average molecular weight is 458 g/mol. The van der Waals surface area contributed by atoms with Crippen molar-refractivity contribution in [3.63, 3.8) is 0 Å². The monoisotopic (exact) mass is 458 g/mol. The van der Waals surface area contributed by atoms with Gasteiger partial charge in [0, 0.05) is 19.8 Å². The molecule has 0 saturated heterocycles. The normalized spacial score (nSPS) is 10.9. The first-order chi connectivity index (χ1) is 15.7. The fourth-order valence-corrected chi connectivity index (χ4v) is 3.47. The summed E-state index contributed by atoms with van der Waals surface area (Å²) in [6.07, 6.45) is 0.754. The number of aryl methyl sites for hydroxylation is 1. The van der Waals surface area contributed by atoms with E-state index < -0.39 is 34.7 Å².